The number of amides is 1. The van der Waals surface area contributed by atoms with E-state index in [1.165, 1.54) is 6.20 Å². The fourth-order valence-corrected chi connectivity index (χ4v) is 2.95. The molecule has 0 bridgehead atoms. The Morgan fingerprint density at radius 1 is 1.26 bits per heavy atom. The number of hydrogen-bond acceptors (Lipinski definition) is 4. The number of hydrogen-bond donors (Lipinski definition) is 3. The Bertz CT molecular complexity index is 669. The number of nitrogens with zero attached hydrogens (tertiary/aromatic N) is 1. The predicted molar refractivity (Wildman–Crippen MR) is 85.5 cm³/mol. The summed E-state index contributed by atoms with van der Waals surface area (Å²) in [7, 11) is 0. The van der Waals surface area contributed by atoms with Crippen LogP contribution in [0.1, 0.15) is 40.5 Å². The summed E-state index contributed by atoms with van der Waals surface area (Å²) in [6.45, 7) is -0.125. The minimum absolute atomic E-state index is 0.125. The summed E-state index contributed by atoms with van der Waals surface area (Å²) in [6, 6.07) is 12.9. The van der Waals surface area contributed by atoms with Crippen LogP contribution in [0, 0.1) is 5.92 Å². The summed E-state index contributed by atoms with van der Waals surface area (Å²) >= 11 is 0. The number of aliphatic hydroxyl groups excluding tert-OH is 2. The molecule has 23 heavy (non-hydrogen) atoms. The van der Waals surface area contributed by atoms with E-state index in [9.17, 15) is 15.0 Å². The highest BCUT2D eigenvalue weighted by Gasteiger charge is 2.35. The number of rotatable bonds is 5. The maximum Gasteiger partial charge on any atom is 0.270 e. The average molecular weight is 312 g/mol. The Morgan fingerprint density at radius 2 is 2.00 bits per heavy atom. The molecule has 2 aromatic rings. The van der Waals surface area contributed by atoms with E-state index in [0.717, 1.165) is 5.56 Å². The molecule has 0 saturated heterocycles. The number of pyridine rings is 1. The van der Waals surface area contributed by atoms with Gasteiger partial charge in [-0.25, -0.2) is 0 Å². The fraction of sp³-hybridized carbons (Fsp3) is 0.333. The zero-order valence-electron chi connectivity index (χ0n) is 12.7. The zero-order chi connectivity index (χ0) is 16.2. The first-order chi connectivity index (χ1) is 11.2. The van der Waals surface area contributed by atoms with Gasteiger partial charge in [0.1, 0.15) is 5.69 Å². The van der Waals surface area contributed by atoms with Crippen molar-refractivity contribution in [3.8, 4) is 0 Å². The molecule has 1 saturated carbocycles. The van der Waals surface area contributed by atoms with Crippen molar-refractivity contribution in [2.75, 3.05) is 0 Å². The van der Waals surface area contributed by atoms with Gasteiger partial charge in [-0.15, -0.1) is 0 Å². The second kappa shape index (κ2) is 6.89. The molecule has 1 aromatic carbocycles. The first-order valence-electron chi connectivity index (χ1n) is 7.77. The van der Waals surface area contributed by atoms with Crippen LogP contribution in [0.25, 0.3) is 0 Å². The van der Waals surface area contributed by atoms with Crippen molar-refractivity contribution in [3.05, 3.63) is 65.5 Å². The highest BCUT2D eigenvalue weighted by molar-refractivity contribution is 5.92. The van der Waals surface area contributed by atoms with E-state index in [1.807, 2.05) is 30.3 Å². The second-order valence-electron chi connectivity index (χ2n) is 5.95. The van der Waals surface area contributed by atoms with Crippen LogP contribution in [0.4, 0.5) is 0 Å². The summed E-state index contributed by atoms with van der Waals surface area (Å²) in [6.07, 6.45) is 2.61. The molecular weight excluding hydrogens is 292 g/mol. The maximum absolute atomic E-state index is 12.5. The van der Waals surface area contributed by atoms with Gasteiger partial charge in [0.25, 0.3) is 5.91 Å². The largest absolute Gasteiger partial charge is 0.393 e. The Hall–Kier alpha value is -2.24. The third-order valence-corrected chi connectivity index (χ3v) is 4.31. The van der Waals surface area contributed by atoms with E-state index < -0.39 is 0 Å². The third kappa shape index (κ3) is 3.57. The summed E-state index contributed by atoms with van der Waals surface area (Å²) in [5, 5.41) is 21.8. The number of aromatic nitrogens is 1. The summed E-state index contributed by atoms with van der Waals surface area (Å²) in [4.78, 5) is 16.6. The summed E-state index contributed by atoms with van der Waals surface area (Å²) in [5.74, 6) is -0.0482. The van der Waals surface area contributed by atoms with E-state index in [4.69, 9.17) is 0 Å². The van der Waals surface area contributed by atoms with Gasteiger partial charge >= 0.3 is 0 Å². The second-order valence-corrected chi connectivity index (χ2v) is 5.95. The van der Waals surface area contributed by atoms with Gasteiger partial charge in [-0.05, 0) is 42.0 Å². The highest BCUT2D eigenvalue weighted by Crippen LogP contribution is 2.38. The molecule has 1 fully saturated rings. The van der Waals surface area contributed by atoms with Crippen LogP contribution in [0.3, 0.4) is 0 Å². The van der Waals surface area contributed by atoms with Crippen molar-refractivity contribution in [1.29, 1.82) is 0 Å². The monoisotopic (exact) mass is 312 g/mol. The van der Waals surface area contributed by atoms with Crippen LogP contribution in [0.2, 0.25) is 0 Å². The van der Waals surface area contributed by atoms with E-state index in [-0.39, 0.29) is 36.3 Å². The number of nitrogens with one attached hydrogen (secondary N) is 1. The third-order valence-electron chi connectivity index (χ3n) is 4.31. The number of aliphatic hydroxyl groups is 2. The Morgan fingerprint density at radius 3 is 2.65 bits per heavy atom. The van der Waals surface area contributed by atoms with Gasteiger partial charge in [0.05, 0.1) is 18.8 Å². The molecule has 5 heteroatoms. The predicted octanol–water partition coefficient (Wildman–Crippen LogP) is 1.82. The first-order valence-corrected chi connectivity index (χ1v) is 7.77. The number of carbonyl (C=O) groups is 1. The minimum Gasteiger partial charge on any atom is -0.393 e. The number of carbonyl (C=O) groups excluding carboxylic acids is 1. The highest BCUT2D eigenvalue weighted by atomic mass is 16.3. The Balaban J connectivity index is 1.79. The van der Waals surface area contributed by atoms with Crippen LogP contribution in [0.15, 0.2) is 48.7 Å². The molecule has 1 amide bonds. The smallest absolute Gasteiger partial charge is 0.270 e. The molecule has 0 spiro atoms. The maximum atomic E-state index is 12.5. The van der Waals surface area contributed by atoms with Gasteiger partial charge < -0.3 is 15.5 Å². The molecule has 0 radical (unpaired) electrons. The van der Waals surface area contributed by atoms with Gasteiger partial charge in [-0.3, -0.25) is 9.78 Å². The molecule has 1 aliphatic rings. The Labute approximate surface area is 135 Å². The average Bonchev–Trinajstić information content (AvgIpc) is 2.58. The Kier molecular flexibility index (Phi) is 4.69. The van der Waals surface area contributed by atoms with E-state index in [0.29, 0.717) is 18.4 Å². The molecule has 1 heterocycles. The summed E-state index contributed by atoms with van der Waals surface area (Å²) < 4.78 is 0. The van der Waals surface area contributed by atoms with Gasteiger partial charge in [0.2, 0.25) is 0 Å². The van der Waals surface area contributed by atoms with Crippen molar-refractivity contribution in [2.24, 2.45) is 5.92 Å². The van der Waals surface area contributed by atoms with Gasteiger partial charge in [-0.1, -0.05) is 30.3 Å². The van der Waals surface area contributed by atoms with Crippen molar-refractivity contribution < 1.29 is 15.0 Å². The molecule has 120 valence electrons. The quantitative estimate of drug-likeness (QED) is 0.786. The van der Waals surface area contributed by atoms with Crippen LogP contribution >= 0.6 is 0 Å². The molecule has 0 unspecified atom stereocenters. The lowest BCUT2D eigenvalue weighted by molar-refractivity contribution is 0.0234. The zero-order valence-corrected chi connectivity index (χ0v) is 12.7. The van der Waals surface area contributed by atoms with Gasteiger partial charge in [0.15, 0.2) is 0 Å². The van der Waals surface area contributed by atoms with Gasteiger partial charge in [0, 0.05) is 6.20 Å². The molecule has 3 N–H and O–H groups in total. The molecule has 5 nitrogen and oxygen atoms in total. The topological polar surface area (TPSA) is 82.5 Å². The molecule has 3 rings (SSSR count). The lowest BCUT2D eigenvalue weighted by Gasteiger charge is -2.38. The van der Waals surface area contributed by atoms with Crippen LogP contribution in [-0.2, 0) is 6.61 Å². The van der Waals surface area contributed by atoms with Gasteiger partial charge in [-0.2, -0.15) is 0 Å². The molecule has 1 aliphatic carbocycles. The van der Waals surface area contributed by atoms with Crippen molar-refractivity contribution in [1.82, 2.24) is 10.3 Å². The normalized spacial score (nSPS) is 21.3. The van der Waals surface area contributed by atoms with Crippen LogP contribution in [0.5, 0.6) is 0 Å². The first kappa shape index (κ1) is 15.6. The van der Waals surface area contributed by atoms with Crippen molar-refractivity contribution >= 4 is 5.91 Å². The number of benzene rings is 1. The lowest BCUT2D eigenvalue weighted by Crippen LogP contribution is -2.41. The standard InChI is InChI=1S/C18H20N2O3/c21-11-12-6-7-19-16(8-12)18(23)20-17(14-9-15(22)10-14)13-4-2-1-3-5-13/h1-8,14-15,17,21-22H,9-11H2,(H,20,23)/t14?,15?,17-/m0/s1. The lowest BCUT2D eigenvalue weighted by atomic mass is 9.75. The molecule has 1 aromatic heterocycles. The minimum atomic E-state index is -0.279. The van der Waals surface area contributed by atoms with Crippen molar-refractivity contribution in [3.63, 3.8) is 0 Å². The van der Waals surface area contributed by atoms with Crippen LogP contribution in [-0.4, -0.2) is 27.2 Å². The van der Waals surface area contributed by atoms with Crippen molar-refractivity contribution in [2.45, 2.75) is 31.6 Å². The molecular formula is C18H20N2O3. The van der Waals surface area contributed by atoms with E-state index >= 15 is 0 Å². The SMILES string of the molecule is O=C(N[C@@H](c1ccccc1)C1CC(O)C1)c1cc(CO)ccn1. The fourth-order valence-electron chi connectivity index (χ4n) is 2.95. The van der Waals surface area contributed by atoms with E-state index in [1.54, 1.807) is 12.1 Å². The molecule has 1 atom stereocenters. The van der Waals surface area contributed by atoms with E-state index in [2.05, 4.69) is 10.3 Å². The summed E-state index contributed by atoms with van der Waals surface area (Å²) in [5.41, 5.74) is 1.97. The molecule has 0 aliphatic heterocycles. The van der Waals surface area contributed by atoms with Crippen LogP contribution < -0.4 is 5.32 Å².